The van der Waals surface area contributed by atoms with Crippen LogP contribution >= 0.6 is 12.4 Å². The number of halogens is 1. The summed E-state index contributed by atoms with van der Waals surface area (Å²) < 4.78 is 4.90. The average molecular weight is 235 g/mol. The largest absolute Gasteiger partial charge is 0.346 e. The molecule has 3 N–H and O–H groups in total. The first-order valence-corrected chi connectivity index (χ1v) is 4.42. The van der Waals surface area contributed by atoms with Crippen LogP contribution in [0.2, 0.25) is 0 Å². The molecule has 7 heteroatoms. The van der Waals surface area contributed by atoms with Crippen LogP contribution in [-0.4, -0.2) is 22.6 Å². The number of nitrogens with one attached hydrogen (secondary N) is 1. The first-order chi connectivity index (χ1) is 6.63. The molecule has 0 aliphatic rings. The van der Waals surface area contributed by atoms with Crippen LogP contribution in [0.3, 0.4) is 0 Å². The van der Waals surface area contributed by atoms with Crippen LogP contribution in [0.4, 0.5) is 0 Å². The number of carbonyl (C=O) groups is 1. The number of hydrogen-bond donors (Lipinski definition) is 2. The third kappa shape index (κ3) is 4.26. The van der Waals surface area contributed by atoms with E-state index in [9.17, 15) is 4.79 Å². The summed E-state index contributed by atoms with van der Waals surface area (Å²) in [6, 6.07) is 0. The van der Waals surface area contributed by atoms with Gasteiger partial charge in [0, 0.05) is 5.92 Å². The van der Waals surface area contributed by atoms with Gasteiger partial charge in [0.25, 0.3) is 0 Å². The van der Waals surface area contributed by atoms with Gasteiger partial charge in [-0.2, -0.15) is 4.98 Å². The number of hydrogen-bond acceptors (Lipinski definition) is 5. The van der Waals surface area contributed by atoms with Crippen molar-refractivity contribution in [3.63, 3.8) is 0 Å². The maximum absolute atomic E-state index is 10.8. The number of nitrogens with zero attached hydrogens (tertiary/aromatic N) is 2. The lowest BCUT2D eigenvalue weighted by Crippen LogP contribution is -2.29. The van der Waals surface area contributed by atoms with Crippen molar-refractivity contribution in [2.24, 2.45) is 5.73 Å². The molecule has 0 aromatic carbocycles. The topological polar surface area (TPSA) is 94.0 Å². The van der Waals surface area contributed by atoms with Gasteiger partial charge in [-0.25, -0.2) is 0 Å². The molecule has 0 aliphatic heterocycles. The molecule has 1 heterocycles. The lowest BCUT2D eigenvalue weighted by molar-refractivity contribution is -0.120. The minimum absolute atomic E-state index is 0. The zero-order chi connectivity index (χ0) is 10.6. The van der Waals surface area contributed by atoms with Gasteiger partial charge in [0.2, 0.25) is 11.8 Å². The molecule has 0 fully saturated rings. The second kappa shape index (κ2) is 6.36. The zero-order valence-electron chi connectivity index (χ0n) is 8.69. The Morgan fingerprint density at radius 3 is 2.73 bits per heavy atom. The second-order valence-electron chi connectivity index (χ2n) is 3.18. The summed E-state index contributed by atoms with van der Waals surface area (Å²) in [7, 11) is 0. The Bertz CT molecular complexity index is 313. The fraction of sp³-hybridized carbons (Fsp3) is 0.625. The maximum Gasteiger partial charge on any atom is 0.246 e. The molecule has 1 aromatic heterocycles. The number of carbonyl (C=O) groups excluding carboxylic acids is 1. The van der Waals surface area contributed by atoms with E-state index in [1.165, 1.54) is 0 Å². The Morgan fingerprint density at radius 1 is 1.60 bits per heavy atom. The quantitative estimate of drug-likeness (QED) is 0.776. The van der Waals surface area contributed by atoms with Crippen LogP contribution in [-0.2, 0) is 11.3 Å². The Labute approximate surface area is 94.0 Å². The molecular formula is C8H15ClN4O2. The molecule has 1 aromatic rings. The van der Waals surface area contributed by atoms with Crippen LogP contribution in [0.5, 0.6) is 0 Å². The van der Waals surface area contributed by atoms with E-state index in [0.29, 0.717) is 11.7 Å². The summed E-state index contributed by atoms with van der Waals surface area (Å²) in [6.45, 7) is 4.13. The van der Waals surface area contributed by atoms with E-state index in [1.54, 1.807) is 0 Å². The van der Waals surface area contributed by atoms with E-state index in [-0.39, 0.29) is 37.3 Å². The highest BCUT2D eigenvalue weighted by atomic mass is 35.5. The fourth-order valence-electron chi connectivity index (χ4n) is 0.821. The van der Waals surface area contributed by atoms with Crippen molar-refractivity contribution in [1.29, 1.82) is 0 Å². The Hall–Kier alpha value is -1.14. The van der Waals surface area contributed by atoms with Crippen molar-refractivity contribution >= 4 is 18.3 Å². The van der Waals surface area contributed by atoms with Crippen LogP contribution in [0.25, 0.3) is 0 Å². The van der Waals surface area contributed by atoms with E-state index in [2.05, 4.69) is 15.5 Å². The molecule has 0 saturated carbocycles. The minimum atomic E-state index is -0.241. The highest BCUT2D eigenvalue weighted by Gasteiger charge is 2.09. The van der Waals surface area contributed by atoms with Gasteiger partial charge in [0.15, 0.2) is 5.82 Å². The van der Waals surface area contributed by atoms with Crippen LogP contribution in [0, 0.1) is 0 Å². The van der Waals surface area contributed by atoms with Gasteiger partial charge in [0.1, 0.15) is 0 Å². The highest BCUT2D eigenvalue weighted by molar-refractivity contribution is 5.85. The Morgan fingerprint density at radius 2 is 2.27 bits per heavy atom. The van der Waals surface area contributed by atoms with Crippen molar-refractivity contribution in [1.82, 2.24) is 15.5 Å². The molecule has 0 aliphatic carbocycles. The smallest absolute Gasteiger partial charge is 0.246 e. The number of rotatable bonds is 4. The van der Waals surface area contributed by atoms with Crippen LogP contribution in [0.1, 0.15) is 31.5 Å². The van der Waals surface area contributed by atoms with Gasteiger partial charge in [-0.15, -0.1) is 12.4 Å². The number of amides is 1. The summed E-state index contributed by atoms with van der Waals surface area (Å²) in [6.07, 6.45) is 0. The Balaban J connectivity index is 0.00000196. The van der Waals surface area contributed by atoms with E-state index < -0.39 is 0 Å². The molecule has 0 unspecified atom stereocenters. The maximum atomic E-state index is 10.8. The monoisotopic (exact) mass is 234 g/mol. The van der Waals surface area contributed by atoms with Gasteiger partial charge in [-0.05, 0) is 0 Å². The van der Waals surface area contributed by atoms with Crippen molar-refractivity contribution in [2.75, 3.05) is 6.54 Å². The molecule has 15 heavy (non-hydrogen) atoms. The van der Waals surface area contributed by atoms with Gasteiger partial charge in [-0.3, -0.25) is 4.79 Å². The van der Waals surface area contributed by atoms with Crippen molar-refractivity contribution in [2.45, 2.75) is 26.3 Å². The van der Waals surface area contributed by atoms with E-state index in [4.69, 9.17) is 10.3 Å². The minimum Gasteiger partial charge on any atom is -0.346 e. The molecule has 0 spiro atoms. The number of aromatic nitrogens is 2. The second-order valence-corrected chi connectivity index (χ2v) is 3.18. The number of nitrogens with two attached hydrogens (primary N) is 1. The lowest BCUT2D eigenvalue weighted by Gasteiger charge is -1.97. The third-order valence-electron chi connectivity index (χ3n) is 1.62. The molecule has 86 valence electrons. The van der Waals surface area contributed by atoms with Crippen molar-refractivity contribution in [3.8, 4) is 0 Å². The van der Waals surface area contributed by atoms with Gasteiger partial charge in [-0.1, -0.05) is 19.0 Å². The van der Waals surface area contributed by atoms with Gasteiger partial charge in [0.05, 0.1) is 13.1 Å². The van der Waals surface area contributed by atoms with Crippen LogP contribution < -0.4 is 11.1 Å². The van der Waals surface area contributed by atoms with Crippen molar-refractivity contribution < 1.29 is 9.32 Å². The molecule has 0 atom stereocenters. The zero-order valence-corrected chi connectivity index (χ0v) is 9.50. The summed E-state index contributed by atoms with van der Waals surface area (Å²) in [5, 5.41) is 6.29. The van der Waals surface area contributed by atoms with Crippen LogP contribution in [0.15, 0.2) is 4.52 Å². The summed E-state index contributed by atoms with van der Waals surface area (Å²) >= 11 is 0. The average Bonchev–Trinajstić information content (AvgIpc) is 2.62. The first kappa shape index (κ1) is 13.9. The molecule has 6 nitrogen and oxygen atoms in total. The molecular weight excluding hydrogens is 220 g/mol. The molecule has 0 bridgehead atoms. The SMILES string of the molecule is CC(C)c1noc(CNC(=O)CN)n1.Cl. The van der Waals surface area contributed by atoms with E-state index in [1.807, 2.05) is 13.8 Å². The summed E-state index contributed by atoms with van der Waals surface area (Å²) in [5.41, 5.74) is 5.11. The lowest BCUT2D eigenvalue weighted by atomic mass is 10.2. The van der Waals surface area contributed by atoms with Gasteiger partial charge >= 0.3 is 0 Å². The predicted octanol–water partition coefficient (Wildman–Crippen LogP) is 0.190. The molecule has 1 rings (SSSR count). The van der Waals surface area contributed by atoms with Crippen molar-refractivity contribution in [3.05, 3.63) is 11.7 Å². The summed E-state index contributed by atoms with van der Waals surface area (Å²) in [5.74, 6) is 1.02. The van der Waals surface area contributed by atoms with E-state index >= 15 is 0 Å². The molecule has 1 amide bonds. The predicted molar refractivity (Wildman–Crippen MR) is 56.5 cm³/mol. The third-order valence-corrected chi connectivity index (χ3v) is 1.62. The summed E-state index contributed by atoms with van der Waals surface area (Å²) in [4.78, 5) is 14.9. The molecule has 0 saturated heterocycles. The normalized spacial score (nSPS) is 9.87. The van der Waals surface area contributed by atoms with E-state index in [0.717, 1.165) is 0 Å². The Kier molecular flexibility index (Phi) is 5.88. The highest BCUT2D eigenvalue weighted by Crippen LogP contribution is 2.08. The standard InChI is InChI=1S/C8H14N4O2.ClH/c1-5(2)8-11-7(14-12-8)4-10-6(13)3-9;/h5H,3-4,9H2,1-2H3,(H,10,13);1H. The first-order valence-electron chi connectivity index (χ1n) is 4.42. The van der Waals surface area contributed by atoms with Gasteiger partial charge < -0.3 is 15.6 Å². The fourth-order valence-corrected chi connectivity index (χ4v) is 0.821. The molecule has 0 radical (unpaired) electrons.